The molecule has 7 heteroatoms. The zero-order chi connectivity index (χ0) is 19.1. The summed E-state index contributed by atoms with van der Waals surface area (Å²) in [5.41, 5.74) is 1.33. The van der Waals surface area contributed by atoms with Crippen molar-refractivity contribution >= 4 is 29.2 Å². The van der Waals surface area contributed by atoms with Gasteiger partial charge in [-0.05, 0) is 43.3 Å². The second-order valence-electron chi connectivity index (χ2n) is 5.50. The molecule has 2 rings (SSSR count). The fourth-order valence-electron chi connectivity index (χ4n) is 2.16. The van der Waals surface area contributed by atoms with Gasteiger partial charge < -0.3 is 20.1 Å². The van der Waals surface area contributed by atoms with Gasteiger partial charge >= 0.3 is 5.97 Å². The number of esters is 1. The van der Waals surface area contributed by atoms with Crippen LogP contribution in [-0.2, 0) is 14.3 Å². The van der Waals surface area contributed by atoms with Crippen LogP contribution in [-0.4, -0.2) is 31.0 Å². The van der Waals surface area contributed by atoms with Crippen LogP contribution < -0.4 is 15.4 Å². The van der Waals surface area contributed by atoms with Crippen LogP contribution in [0.25, 0.3) is 0 Å². The fourth-order valence-corrected chi connectivity index (χ4v) is 2.16. The molecule has 0 bridgehead atoms. The standard InChI is InChI=1S/C19H20N2O5/c1-12(18(23)21-16-6-4-5-7-17(16)25-3)26-19(24)14-8-10-15(11-9-14)20-13(2)22/h4-12H,1-3H3,(H,20,22)(H,21,23)/t12-/m0/s1. The number of ether oxygens (including phenoxy) is 2. The van der Waals surface area contributed by atoms with E-state index in [2.05, 4.69) is 10.6 Å². The van der Waals surface area contributed by atoms with E-state index in [0.717, 1.165) is 0 Å². The van der Waals surface area contributed by atoms with Gasteiger partial charge in [-0.2, -0.15) is 0 Å². The first-order valence-electron chi connectivity index (χ1n) is 7.93. The SMILES string of the molecule is COc1ccccc1NC(=O)[C@H](C)OC(=O)c1ccc(NC(C)=O)cc1. The molecule has 2 amide bonds. The maximum atomic E-state index is 12.2. The molecule has 0 fully saturated rings. The third-order valence-corrected chi connectivity index (χ3v) is 3.46. The number of benzene rings is 2. The van der Waals surface area contributed by atoms with E-state index in [0.29, 0.717) is 17.1 Å². The van der Waals surface area contributed by atoms with Crippen molar-refractivity contribution < 1.29 is 23.9 Å². The Morgan fingerprint density at radius 1 is 0.962 bits per heavy atom. The molecule has 0 radical (unpaired) electrons. The molecule has 0 aromatic heterocycles. The number of carbonyl (C=O) groups excluding carboxylic acids is 3. The van der Waals surface area contributed by atoms with Gasteiger partial charge in [0.1, 0.15) is 5.75 Å². The molecule has 0 spiro atoms. The van der Waals surface area contributed by atoms with Crippen LogP contribution >= 0.6 is 0 Å². The predicted molar refractivity (Wildman–Crippen MR) is 97.2 cm³/mol. The molecule has 2 aromatic carbocycles. The van der Waals surface area contributed by atoms with E-state index in [4.69, 9.17) is 9.47 Å². The molecular weight excluding hydrogens is 336 g/mol. The van der Waals surface area contributed by atoms with Crippen molar-refractivity contribution in [3.05, 3.63) is 54.1 Å². The Hall–Kier alpha value is -3.35. The van der Waals surface area contributed by atoms with Crippen LogP contribution in [0.4, 0.5) is 11.4 Å². The number of hydrogen-bond donors (Lipinski definition) is 2. The van der Waals surface area contributed by atoms with Crippen molar-refractivity contribution in [2.45, 2.75) is 20.0 Å². The van der Waals surface area contributed by atoms with Gasteiger partial charge in [-0.3, -0.25) is 9.59 Å². The maximum absolute atomic E-state index is 12.2. The first kappa shape index (κ1) is 19.0. The van der Waals surface area contributed by atoms with E-state index in [1.807, 2.05) is 0 Å². The van der Waals surface area contributed by atoms with Crippen molar-refractivity contribution in [3.63, 3.8) is 0 Å². The molecule has 2 aromatic rings. The highest BCUT2D eigenvalue weighted by Gasteiger charge is 2.20. The molecule has 0 aliphatic heterocycles. The van der Waals surface area contributed by atoms with Gasteiger partial charge in [0.2, 0.25) is 5.91 Å². The second-order valence-corrected chi connectivity index (χ2v) is 5.50. The molecular formula is C19H20N2O5. The van der Waals surface area contributed by atoms with Crippen LogP contribution in [0.15, 0.2) is 48.5 Å². The van der Waals surface area contributed by atoms with Crippen LogP contribution in [0.1, 0.15) is 24.2 Å². The van der Waals surface area contributed by atoms with Crippen LogP contribution in [0.3, 0.4) is 0 Å². The molecule has 0 aliphatic carbocycles. The normalized spacial score (nSPS) is 11.2. The lowest BCUT2D eigenvalue weighted by atomic mass is 10.2. The smallest absolute Gasteiger partial charge is 0.338 e. The predicted octanol–water partition coefficient (Wildman–Crippen LogP) is 2.84. The van der Waals surface area contributed by atoms with Crippen molar-refractivity contribution in [2.75, 3.05) is 17.7 Å². The lowest BCUT2D eigenvalue weighted by molar-refractivity contribution is -0.123. The van der Waals surface area contributed by atoms with E-state index in [-0.39, 0.29) is 11.5 Å². The van der Waals surface area contributed by atoms with Crippen LogP contribution in [0, 0.1) is 0 Å². The lowest BCUT2D eigenvalue weighted by Crippen LogP contribution is -2.30. The number of carbonyl (C=O) groups is 3. The quantitative estimate of drug-likeness (QED) is 0.776. The minimum absolute atomic E-state index is 0.207. The molecule has 2 N–H and O–H groups in total. The largest absolute Gasteiger partial charge is 0.495 e. The van der Waals surface area contributed by atoms with E-state index >= 15 is 0 Å². The molecule has 1 atom stereocenters. The summed E-state index contributed by atoms with van der Waals surface area (Å²) in [6, 6.07) is 13.1. The van der Waals surface area contributed by atoms with Crippen LogP contribution in [0.5, 0.6) is 5.75 Å². The first-order valence-corrected chi connectivity index (χ1v) is 7.93. The third kappa shape index (κ3) is 5.07. The minimum Gasteiger partial charge on any atom is -0.495 e. The maximum Gasteiger partial charge on any atom is 0.338 e. The number of nitrogens with one attached hydrogen (secondary N) is 2. The van der Waals surface area contributed by atoms with Crippen molar-refractivity contribution in [3.8, 4) is 5.75 Å². The Bertz CT molecular complexity index is 802. The summed E-state index contributed by atoms with van der Waals surface area (Å²) in [4.78, 5) is 35.4. The number of rotatable bonds is 6. The average molecular weight is 356 g/mol. The van der Waals surface area contributed by atoms with E-state index in [1.54, 1.807) is 36.4 Å². The van der Waals surface area contributed by atoms with E-state index in [1.165, 1.54) is 33.1 Å². The molecule has 0 saturated heterocycles. The van der Waals surface area contributed by atoms with E-state index < -0.39 is 18.0 Å². The number of hydrogen-bond acceptors (Lipinski definition) is 5. The number of para-hydroxylation sites is 2. The number of amides is 2. The summed E-state index contributed by atoms with van der Waals surface area (Å²) < 4.78 is 10.3. The van der Waals surface area contributed by atoms with Gasteiger partial charge in [0, 0.05) is 12.6 Å². The summed E-state index contributed by atoms with van der Waals surface area (Å²) in [5, 5.41) is 5.26. The Kier molecular flexibility index (Phi) is 6.32. The molecule has 26 heavy (non-hydrogen) atoms. The summed E-state index contributed by atoms with van der Waals surface area (Å²) in [5.74, 6) is -0.810. The third-order valence-electron chi connectivity index (χ3n) is 3.46. The summed E-state index contributed by atoms with van der Waals surface area (Å²) in [7, 11) is 1.50. The molecule has 0 aliphatic rings. The molecule has 0 saturated carbocycles. The molecule has 0 heterocycles. The van der Waals surface area contributed by atoms with Crippen LogP contribution in [0.2, 0.25) is 0 Å². The number of methoxy groups -OCH3 is 1. The highest BCUT2D eigenvalue weighted by atomic mass is 16.5. The molecule has 136 valence electrons. The molecule has 0 unspecified atom stereocenters. The zero-order valence-corrected chi connectivity index (χ0v) is 14.7. The van der Waals surface area contributed by atoms with Gasteiger partial charge in [-0.25, -0.2) is 4.79 Å². The first-order chi connectivity index (χ1) is 12.4. The fraction of sp³-hybridized carbons (Fsp3) is 0.211. The Morgan fingerprint density at radius 3 is 2.23 bits per heavy atom. The Labute approximate surface area is 151 Å². The lowest BCUT2D eigenvalue weighted by Gasteiger charge is -2.15. The topological polar surface area (TPSA) is 93.7 Å². The zero-order valence-electron chi connectivity index (χ0n) is 14.7. The highest BCUT2D eigenvalue weighted by molar-refractivity contribution is 5.98. The van der Waals surface area contributed by atoms with Crippen molar-refractivity contribution in [1.82, 2.24) is 0 Å². The molecule has 7 nitrogen and oxygen atoms in total. The average Bonchev–Trinajstić information content (AvgIpc) is 2.62. The summed E-state index contributed by atoms with van der Waals surface area (Å²) in [6.07, 6.45) is -0.998. The highest BCUT2D eigenvalue weighted by Crippen LogP contribution is 2.23. The minimum atomic E-state index is -0.998. The van der Waals surface area contributed by atoms with E-state index in [9.17, 15) is 14.4 Å². The van der Waals surface area contributed by atoms with Gasteiger partial charge in [-0.1, -0.05) is 12.1 Å². The van der Waals surface area contributed by atoms with Gasteiger partial charge in [0.05, 0.1) is 18.4 Å². The Morgan fingerprint density at radius 2 is 1.62 bits per heavy atom. The van der Waals surface area contributed by atoms with Gasteiger partial charge in [0.25, 0.3) is 5.91 Å². The van der Waals surface area contributed by atoms with Gasteiger partial charge in [-0.15, -0.1) is 0 Å². The van der Waals surface area contributed by atoms with Gasteiger partial charge in [0.15, 0.2) is 6.10 Å². The monoisotopic (exact) mass is 356 g/mol. The second kappa shape index (κ2) is 8.66. The Balaban J connectivity index is 1.97. The summed E-state index contributed by atoms with van der Waals surface area (Å²) in [6.45, 7) is 2.87. The van der Waals surface area contributed by atoms with Crippen molar-refractivity contribution in [1.29, 1.82) is 0 Å². The summed E-state index contributed by atoms with van der Waals surface area (Å²) >= 11 is 0. The number of anilines is 2. The van der Waals surface area contributed by atoms with Crippen molar-refractivity contribution in [2.24, 2.45) is 0 Å².